The highest BCUT2D eigenvalue weighted by Crippen LogP contribution is 2.70. The van der Waals surface area contributed by atoms with Crippen molar-refractivity contribution in [2.24, 2.45) is 23.2 Å². The van der Waals surface area contributed by atoms with Crippen molar-refractivity contribution in [3.63, 3.8) is 0 Å². The van der Waals surface area contributed by atoms with E-state index in [4.69, 9.17) is 9.97 Å². The van der Waals surface area contributed by atoms with Crippen LogP contribution in [-0.2, 0) is 15.6 Å². The summed E-state index contributed by atoms with van der Waals surface area (Å²) < 4.78 is 0. The van der Waals surface area contributed by atoms with Crippen LogP contribution in [0.25, 0.3) is 11.0 Å². The van der Waals surface area contributed by atoms with Crippen molar-refractivity contribution in [1.82, 2.24) is 15.3 Å². The summed E-state index contributed by atoms with van der Waals surface area (Å²) in [4.78, 5) is 35.4. The fourth-order valence-electron chi connectivity index (χ4n) is 9.32. The van der Waals surface area contributed by atoms with Crippen LogP contribution in [-0.4, -0.2) is 26.3 Å². The summed E-state index contributed by atoms with van der Waals surface area (Å²) >= 11 is 0. The predicted octanol–water partition coefficient (Wildman–Crippen LogP) is 4.95. The van der Waals surface area contributed by atoms with Crippen LogP contribution >= 0.6 is 0 Å². The van der Waals surface area contributed by atoms with Gasteiger partial charge in [-0.25, -0.2) is 9.97 Å². The number of nitrogens with zero attached hydrogens (tertiary/aromatic N) is 3. The van der Waals surface area contributed by atoms with Gasteiger partial charge >= 0.3 is 0 Å². The van der Waals surface area contributed by atoms with Gasteiger partial charge in [0.25, 0.3) is 5.69 Å². The summed E-state index contributed by atoms with van der Waals surface area (Å²) in [5.74, 6) is 2.38. The van der Waals surface area contributed by atoms with Gasteiger partial charge in [-0.05, 0) is 80.6 Å². The maximum Gasteiger partial charge on any atom is 0.271 e. The molecule has 0 spiro atoms. The summed E-state index contributed by atoms with van der Waals surface area (Å²) in [5.41, 5.74) is 1.39. The van der Waals surface area contributed by atoms with E-state index in [-0.39, 0.29) is 28.0 Å². The molecule has 1 aromatic heterocycles. The van der Waals surface area contributed by atoms with Gasteiger partial charge in [-0.15, -0.1) is 0 Å². The van der Waals surface area contributed by atoms with Gasteiger partial charge in [0, 0.05) is 23.1 Å². The first-order chi connectivity index (χ1) is 16.1. The zero-order valence-corrected chi connectivity index (χ0v) is 20.2. The minimum Gasteiger partial charge on any atom is -0.350 e. The van der Waals surface area contributed by atoms with Gasteiger partial charge in [0.05, 0.1) is 32.8 Å². The lowest BCUT2D eigenvalue weighted by Gasteiger charge is -2.57. The Labute approximate surface area is 199 Å². The standard InChI is InChI=1S/C27H32N4O3/c1-24(2)25(3)6-7-27(24,22-21(25)28-19-5-4-18(31(33)34)11-20(19)29-22)23(32)30-26-12-15-8-16(13-26)10-17(9-15)14-26/h4-5,11,15-17H,6-10,12-14H2,1-3H3,(H,30,32). The van der Waals surface area contributed by atoms with Gasteiger partial charge in [-0.2, -0.15) is 0 Å². The van der Waals surface area contributed by atoms with Crippen LogP contribution in [0.5, 0.6) is 0 Å². The van der Waals surface area contributed by atoms with Crippen molar-refractivity contribution in [3.05, 3.63) is 39.7 Å². The third-order valence-corrected chi connectivity index (χ3v) is 11.0. The minimum atomic E-state index is -0.758. The number of nitro benzene ring substituents is 1. The molecule has 7 heteroatoms. The van der Waals surface area contributed by atoms with Gasteiger partial charge in [-0.3, -0.25) is 14.9 Å². The van der Waals surface area contributed by atoms with Gasteiger partial charge in [0.15, 0.2) is 0 Å². The lowest BCUT2D eigenvalue weighted by atomic mass is 9.52. The van der Waals surface area contributed by atoms with E-state index < -0.39 is 10.3 Å². The number of carbonyl (C=O) groups is 1. The number of rotatable bonds is 3. The molecule has 2 unspecified atom stereocenters. The molecule has 7 nitrogen and oxygen atoms in total. The Balaban J connectivity index is 1.35. The van der Waals surface area contributed by atoms with Gasteiger partial charge < -0.3 is 5.32 Å². The molecule has 8 rings (SSSR count). The molecule has 6 bridgehead atoms. The lowest BCUT2D eigenvalue weighted by Crippen LogP contribution is -2.64. The third-order valence-electron chi connectivity index (χ3n) is 11.0. The smallest absolute Gasteiger partial charge is 0.271 e. The Bertz CT molecular complexity index is 1250. The van der Waals surface area contributed by atoms with E-state index in [2.05, 4.69) is 26.1 Å². The molecule has 0 radical (unpaired) electrons. The van der Waals surface area contributed by atoms with E-state index in [0.29, 0.717) is 11.0 Å². The second-order valence-electron chi connectivity index (χ2n) is 12.9. The van der Waals surface area contributed by atoms with E-state index in [9.17, 15) is 14.9 Å². The average Bonchev–Trinajstić information content (AvgIpc) is 3.05. The molecule has 1 amide bonds. The minimum absolute atomic E-state index is 0.00227. The number of non-ortho nitro benzene ring substituents is 1. The zero-order valence-electron chi connectivity index (χ0n) is 20.2. The normalized spacial score (nSPS) is 40.5. The Hall–Kier alpha value is -2.57. The van der Waals surface area contributed by atoms with E-state index in [1.807, 2.05) is 0 Å². The van der Waals surface area contributed by atoms with Crippen LogP contribution in [0.4, 0.5) is 5.69 Å². The molecule has 2 atom stereocenters. The van der Waals surface area contributed by atoms with Crippen LogP contribution in [0.1, 0.15) is 83.5 Å². The first kappa shape index (κ1) is 20.8. The van der Waals surface area contributed by atoms with E-state index >= 15 is 0 Å². The fourth-order valence-corrected chi connectivity index (χ4v) is 9.32. The molecule has 1 N–H and O–H groups in total. The SMILES string of the molecule is CC12CCC(C(=O)NC34CC5CC(CC(C5)C3)C4)(c3nc4cc([N+](=O)[O-])ccc4nc31)C2(C)C. The molecular formula is C27H32N4O3. The molecule has 0 aliphatic heterocycles. The van der Waals surface area contributed by atoms with Crippen LogP contribution in [0.15, 0.2) is 18.2 Å². The number of benzene rings is 1. The molecular weight excluding hydrogens is 428 g/mol. The van der Waals surface area contributed by atoms with Crippen LogP contribution in [0.2, 0.25) is 0 Å². The lowest BCUT2D eigenvalue weighted by molar-refractivity contribution is -0.384. The van der Waals surface area contributed by atoms with Gasteiger partial charge in [-0.1, -0.05) is 20.8 Å². The largest absolute Gasteiger partial charge is 0.350 e. The number of carbonyl (C=O) groups excluding carboxylic acids is 1. The summed E-state index contributed by atoms with van der Waals surface area (Å²) in [6, 6.07) is 4.67. The van der Waals surface area contributed by atoms with Crippen LogP contribution < -0.4 is 5.32 Å². The second-order valence-corrected chi connectivity index (χ2v) is 12.9. The number of nitrogens with one attached hydrogen (secondary N) is 1. The van der Waals surface area contributed by atoms with Crippen molar-refractivity contribution in [3.8, 4) is 0 Å². The van der Waals surface area contributed by atoms with E-state index in [1.54, 1.807) is 6.07 Å². The molecule has 1 heterocycles. The molecule has 6 aliphatic rings. The summed E-state index contributed by atoms with van der Waals surface area (Å²) in [5, 5.41) is 15.0. The van der Waals surface area contributed by atoms with Crippen molar-refractivity contribution >= 4 is 22.6 Å². The Morgan fingerprint density at radius 2 is 1.59 bits per heavy atom. The van der Waals surface area contributed by atoms with Crippen LogP contribution in [0, 0.1) is 33.3 Å². The monoisotopic (exact) mass is 460 g/mol. The Kier molecular flexibility index (Phi) is 3.76. The molecule has 5 fully saturated rings. The molecule has 0 saturated heterocycles. The van der Waals surface area contributed by atoms with Crippen molar-refractivity contribution in [1.29, 1.82) is 0 Å². The molecule has 1 aromatic carbocycles. The highest BCUT2D eigenvalue weighted by Gasteiger charge is 2.73. The molecule has 34 heavy (non-hydrogen) atoms. The highest BCUT2D eigenvalue weighted by atomic mass is 16.6. The number of nitro groups is 1. The number of aromatic nitrogens is 2. The van der Waals surface area contributed by atoms with Crippen molar-refractivity contribution in [2.45, 2.75) is 88.5 Å². The van der Waals surface area contributed by atoms with Crippen molar-refractivity contribution < 1.29 is 9.72 Å². The third kappa shape index (κ3) is 2.31. The predicted molar refractivity (Wildman–Crippen MR) is 127 cm³/mol. The second kappa shape index (κ2) is 6.16. The first-order valence-corrected chi connectivity index (χ1v) is 12.9. The molecule has 2 aromatic rings. The Morgan fingerprint density at radius 1 is 0.971 bits per heavy atom. The van der Waals surface area contributed by atoms with E-state index in [1.165, 1.54) is 31.4 Å². The van der Waals surface area contributed by atoms with Crippen LogP contribution in [0.3, 0.4) is 0 Å². The molecule has 178 valence electrons. The molecule has 6 aliphatic carbocycles. The van der Waals surface area contributed by atoms with Gasteiger partial charge in [0.2, 0.25) is 5.91 Å². The summed E-state index contributed by atoms with van der Waals surface area (Å²) in [6.45, 7) is 6.63. The van der Waals surface area contributed by atoms with E-state index in [0.717, 1.165) is 61.2 Å². The molecule has 5 saturated carbocycles. The maximum atomic E-state index is 14.5. The Morgan fingerprint density at radius 3 is 2.21 bits per heavy atom. The summed E-state index contributed by atoms with van der Waals surface area (Å²) in [7, 11) is 0. The topological polar surface area (TPSA) is 98.0 Å². The number of amides is 1. The van der Waals surface area contributed by atoms with Gasteiger partial charge in [0.1, 0.15) is 0 Å². The maximum absolute atomic E-state index is 14.5. The fraction of sp³-hybridized carbons (Fsp3) is 0.667. The first-order valence-electron chi connectivity index (χ1n) is 12.9. The summed E-state index contributed by atoms with van der Waals surface area (Å²) in [6.07, 6.45) is 8.99. The number of hydrogen-bond acceptors (Lipinski definition) is 5. The average molecular weight is 461 g/mol. The quantitative estimate of drug-likeness (QED) is 0.516. The highest BCUT2D eigenvalue weighted by molar-refractivity contribution is 5.93. The zero-order chi connectivity index (χ0) is 23.7. The number of fused-ring (bicyclic) bond motifs is 6. The van der Waals surface area contributed by atoms with Crippen molar-refractivity contribution in [2.75, 3.05) is 0 Å². The number of hydrogen-bond donors (Lipinski definition) is 1.